The Morgan fingerprint density at radius 1 is 1.52 bits per heavy atom. The van der Waals surface area contributed by atoms with E-state index in [1.165, 1.54) is 23.1 Å². The van der Waals surface area contributed by atoms with E-state index in [0.29, 0.717) is 0 Å². The van der Waals surface area contributed by atoms with Gasteiger partial charge in [0.05, 0.1) is 6.20 Å². The van der Waals surface area contributed by atoms with Crippen LogP contribution < -0.4 is 4.72 Å². The van der Waals surface area contributed by atoms with E-state index in [2.05, 4.69) is 9.82 Å². The number of rotatable bonds is 6. The zero-order valence-electron chi connectivity index (χ0n) is 11.5. The van der Waals surface area contributed by atoms with Crippen LogP contribution in [0.25, 0.3) is 0 Å². The van der Waals surface area contributed by atoms with Crippen LogP contribution in [0.2, 0.25) is 0 Å². The molecule has 0 aliphatic rings. The summed E-state index contributed by atoms with van der Waals surface area (Å²) in [6.45, 7) is 1.92. The smallest absolute Gasteiger partial charge is 0.326 e. The molecule has 0 bridgehead atoms. The van der Waals surface area contributed by atoms with Gasteiger partial charge in [0.1, 0.15) is 10.3 Å². The third kappa shape index (κ3) is 3.49. The van der Waals surface area contributed by atoms with Crippen molar-refractivity contribution in [3.63, 3.8) is 0 Å². The van der Waals surface area contributed by atoms with Crippen molar-refractivity contribution in [1.29, 1.82) is 0 Å². The van der Waals surface area contributed by atoms with Crippen LogP contribution in [0.4, 0.5) is 0 Å². The van der Waals surface area contributed by atoms with Crippen molar-refractivity contribution < 1.29 is 18.3 Å². The van der Waals surface area contributed by atoms with Crippen LogP contribution in [0.5, 0.6) is 0 Å². The van der Waals surface area contributed by atoms with Gasteiger partial charge < -0.3 is 5.11 Å². The van der Waals surface area contributed by atoms with Crippen molar-refractivity contribution in [3.8, 4) is 0 Å². The molecule has 114 valence electrons. The van der Waals surface area contributed by atoms with E-state index in [0.717, 1.165) is 22.6 Å². The van der Waals surface area contributed by atoms with Gasteiger partial charge in [0.25, 0.3) is 10.0 Å². The Kier molecular flexibility index (Phi) is 4.45. The molecule has 0 aliphatic carbocycles. The van der Waals surface area contributed by atoms with Gasteiger partial charge in [-0.1, -0.05) is 6.92 Å². The maximum absolute atomic E-state index is 12.3. The first-order chi connectivity index (χ1) is 9.83. The lowest BCUT2D eigenvalue weighted by Gasteiger charge is -2.12. The Bertz CT molecular complexity index is 748. The Balaban J connectivity index is 2.29. The summed E-state index contributed by atoms with van der Waals surface area (Å²) in [7, 11) is -2.25. The molecule has 0 aromatic carbocycles. The normalized spacial score (nSPS) is 13.2. The number of carboxylic acid groups (broad SMARTS) is 1. The molecule has 2 rings (SSSR count). The van der Waals surface area contributed by atoms with Gasteiger partial charge >= 0.3 is 5.97 Å². The number of carbonyl (C=O) groups is 1. The van der Waals surface area contributed by atoms with E-state index in [1.807, 2.05) is 6.92 Å². The number of hydrogen-bond donors (Lipinski definition) is 2. The quantitative estimate of drug-likeness (QED) is 0.828. The van der Waals surface area contributed by atoms with Gasteiger partial charge in [-0.2, -0.15) is 9.82 Å². The van der Waals surface area contributed by atoms with Crippen molar-refractivity contribution in [3.05, 3.63) is 35.0 Å². The predicted molar refractivity (Wildman–Crippen MR) is 77.6 cm³/mol. The average Bonchev–Trinajstić information content (AvgIpc) is 3.04. The minimum Gasteiger partial charge on any atom is -0.480 e. The molecule has 0 saturated heterocycles. The Morgan fingerprint density at radius 3 is 2.71 bits per heavy atom. The molecule has 0 radical (unpaired) electrons. The summed E-state index contributed by atoms with van der Waals surface area (Å²) < 4.78 is 28.3. The van der Waals surface area contributed by atoms with Crippen molar-refractivity contribution in [2.45, 2.75) is 23.6 Å². The number of hydrogen-bond acceptors (Lipinski definition) is 5. The molecule has 9 heteroatoms. The molecule has 0 aliphatic heterocycles. The number of nitrogens with one attached hydrogen (secondary N) is 1. The summed E-state index contributed by atoms with van der Waals surface area (Å²) in [5.74, 6) is -1.28. The van der Waals surface area contributed by atoms with Crippen LogP contribution >= 0.6 is 11.3 Å². The van der Waals surface area contributed by atoms with Crippen molar-refractivity contribution >= 4 is 27.3 Å². The number of sulfonamides is 1. The zero-order valence-corrected chi connectivity index (χ0v) is 13.1. The van der Waals surface area contributed by atoms with Crippen molar-refractivity contribution in [2.24, 2.45) is 7.05 Å². The molecular formula is C12H15N3O4S2. The highest BCUT2D eigenvalue weighted by molar-refractivity contribution is 7.91. The van der Waals surface area contributed by atoms with E-state index in [-0.39, 0.29) is 9.77 Å². The van der Waals surface area contributed by atoms with Crippen LogP contribution in [0, 0.1) is 0 Å². The fourth-order valence-electron chi connectivity index (χ4n) is 1.76. The van der Waals surface area contributed by atoms with Gasteiger partial charge in [0, 0.05) is 23.7 Å². The zero-order chi connectivity index (χ0) is 15.6. The molecule has 1 unspecified atom stereocenters. The first-order valence-electron chi connectivity index (χ1n) is 6.16. The highest BCUT2D eigenvalue weighted by Crippen LogP contribution is 2.24. The number of thiophene rings is 1. The Hall–Kier alpha value is -1.71. The lowest BCUT2D eigenvalue weighted by Crippen LogP contribution is -2.33. The van der Waals surface area contributed by atoms with Crippen LogP contribution in [0.3, 0.4) is 0 Å². The summed E-state index contributed by atoms with van der Waals surface area (Å²) in [5.41, 5.74) is 0.279. The minimum atomic E-state index is -3.88. The average molecular weight is 329 g/mol. The van der Waals surface area contributed by atoms with Gasteiger partial charge in [0.15, 0.2) is 0 Å². The fraction of sp³-hybridized carbons (Fsp3) is 0.333. The molecule has 2 N–H and O–H groups in total. The molecule has 0 fully saturated rings. The first-order valence-corrected chi connectivity index (χ1v) is 8.46. The third-order valence-corrected chi connectivity index (χ3v) is 5.97. The summed E-state index contributed by atoms with van der Waals surface area (Å²) in [6.07, 6.45) is 3.52. The maximum Gasteiger partial charge on any atom is 0.326 e. The molecule has 2 heterocycles. The van der Waals surface area contributed by atoms with Crippen molar-refractivity contribution in [2.75, 3.05) is 0 Å². The standard InChI is InChI=1S/C12H15N3O4S2/c1-3-9-4-5-10(20-9)21(18,19)14-11(12(16)17)8-6-13-15(2)7-8/h4-7,11,14H,3H2,1-2H3,(H,16,17). The van der Waals surface area contributed by atoms with Gasteiger partial charge in [-0.15, -0.1) is 11.3 Å². The third-order valence-electron chi connectivity index (χ3n) is 2.83. The summed E-state index contributed by atoms with van der Waals surface area (Å²) in [6, 6.07) is 1.84. The van der Waals surface area contributed by atoms with Crippen molar-refractivity contribution in [1.82, 2.24) is 14.5 Å². The van der Waals surface area contributed by atoms with E-state index in [1.54, 1.807) is 13.1 Å². The van der Waals surface area contributed by atoms with Crippen LogP contribution in [-0.2, 0) is 28.3 Å². The molecular weight excluding hydrogens is 314 g/mol. The van der Waals surface area contributed by atoms with Gasteiger partial charge in [0.2, 0.25) is 0 Å². The molecule has 0 saturated carbocycles. The molecule has 2 aromatic rings. The monoisotopic (exact) mass is 329 g/mol. The topological polar surface area (TPSA) is 101 Å². The predicted octanol–water partition coefficient (Wildman–Crippen LogP) is 1.15. The number of aliphatic carboxylic acids is 1. The lowest BCUT2D eigenvalue weighted by molar-refractivity contribution is -0.139. The SMILES string of the molecule is CCc1ccc(S(=O)(=O)NC(C(=O)O)c2cnn(C)c2)s1. The van der Waals surface area contributed by atoms with E-state index < -0.39 is 22.0 Å². The van der Waals surface area contributed by atoms with E-state index in [4.69, 9.17) is 0 Å². The van der Waals surface area contributed by atoms with Crippen LogP contribution in [0.1, 0.15) is 23.4 Å². The van der Waals surface area contributed by atoms with Crippen LogP contribution in [-0.4, -0.2) is 29.3 Å². The van der Waals surface area contributed by atoms with E-state index in [9.17, 15) is 18.3 Å². The second-order valence-electron chi connectivity index (χ2n) is 4.41. The second-order valence-corrected chi connectivity index (χ2v) is 7.52. The summed E-state index contributed by atoms with van der Waals surface area (Å²) >= 11 is 1.13. The maximum atomic E-state index is 12.3. The Labute approximate surface area is 126 Å². The van der Waals surface area contributed by atoms with Crippen LogP contribution in [0.15, 0.2) is 28.7 Å². The first kappa shape index (κ1) is 15.7. The highest BCUT2D eigenvalue weighted by atomic mass is 32.2. The summed E-state index contributed by atoms with van der Waals surface area (Å²) in [4.78, 5) is 12.2. The minimum absolute atomic E-state index is 0.106. The molecule has 21 heavy (non-hydrogen) atoms. The fourth-order valence-corrected chi connectivity index (χ4v) is 4.25. The Morgan fingerprint density at radius 2 is 2.24 bits per heavy atom. The highest BCUT2D eigenvalue weighted by Gasteiger charge is 2.28. The molecule has 0 amide bonds. The summed E-state index contributed by atoms with van der Waals surface area (Å²) in [5, 5.41) is 13.1. The molecule has 2 aromatic heterocycles. The lowest BCUT2D eigenvalue weighted by atomic mass is 10.2. The molecule has 1 atom stereocenters. The second kappa shape index (κ2) is 5.96. The molecule has 0 spiro atoms. The number of nitrogens with zero attached hydrogens (tertiary/aromatic N) is 2. The van der Waals surface area contributed by atoms with Gasteiger partial charge in [-0.25, -0.2) is 8.42 Å². The number of aromatic nitrogens is 2. The largest absolute Gasteiger partial charge is 0.480 e. The number of carboxylic acids is 1. The number of aryl methyl sites for hydroxylation is 2. The molecule has 7 nitrogen and oxygen atoms in total. The van der Waals surface area contributed by atoms with E-state index >= 15 is 0 Å². The van der Waals surface area contributed by atoms with Gasteiger partial charge in [-0.3, -0.25) is 9.48 Å². The van der Waals surface area contributed by atoms with Gasteiger partial charge in [-0.05, 0) is 18.6 Å².